The number of aliphatic imine (C=N–C) groups is 1. The van der Waals surface area contributed by atoms with Crippen molar-refractivity contribution < 1.29 is 0 Å². The van der Waals surface area contributed by atoms with Crippen molar-refractivity contribution >= 4 is 5.96 Å². The maximum Gasteiger partial charge on any atom is 0.191 e. The zero-order valence-corrected chi connectivity index (χ0v) is 15.5. The average molecular weight is 332 g/mol. The fourth-order valence-electron chi connectivity index (χ4n) is 2.99. The van der Waals surface area contributed by atoms with Crippen LogP contribution in [0.5, 0.6) is 0 Å². The summed E-state index contributed by atoms with van der Waals surface area (Å²) in [6.07, 6.45) is 1.15. The number of benzene rings is 1. The molecule has 0 aliphatic carbocycles. The lowest BCUT2D eigenvalue weighted by Gasteiger charge is -2.34. The first-order valence-corrected chi connectivity index (χ1v) is 9.13. The Morgan fingerprint density at radius 1 is 1.08 bits per heavy atom. The van der Waals surface area contributed by atoms with E-state index >= 15 is 0 Å². The molecule has 1 aromatic carbocycles. The largest absolute Gasteiger partial charge is 0.356 e. The first-order chi connectivity index (χ1) is 11.7. The van der Waals surface area contributed by atoms with Crippen LogP contribution in [0, 0.1) is 0 Å². The third kappa shape index (κ3) is 6.89. The van der Waals surface area contributed by atoms with Crippen LogP contribution in [-0.4, -0.2) is 68.1 Å². The summed E-state index contributed by atoms with van der Waals surface area (Å²) < 4.78 is 0. The third-order valence-electron chi connectivity index (χ3n) is 4.31. The molecule has 5 heteroatoms. The molecule has 0 atom stereocenters. The number of piperazine rings is 1. The van der Waals surface area contributed by atoms with Crippen molar-refractivity contribution in [1.82, 2.24) is 20.4 Å². The Bertz CT molecular complexity index is 478. The third-order valence-corrected chi connectivity index (χ3v) is 4.31. The van der Waals surface area contributed by atoms with Crippen LogP contribution in [0.1, 0.15) is 25.8 Å². The summed E-state index contributed by atoms with van der Waals surface area (Å²) >= 11 is 0. The SMILES string of the molecule is CN=C(NCCCN1CCN(Cc2ccccc2)CC1)NC(C)C. The van der Waals surface area contributed by atoms with Gasteiger partial charge in [-0.05, 0) is 32.4 Å². The van der Waals surface area contributed by atoms with Crippen LogP contribution in [0.3, 0.4) is 0 Å². The first kappa shape index (κ1) is 18.7. The zero-order chi connectivity index (χ0) is 17.2. The van der Waals surface area contributed by atoms with Gasteiger partial charge in [0.2, 0.25) is 0 Å². The van der Waals surface area contributed by atoms with Gasteiger partial charge in [0.1, 0.15) is 0 Å². The Morgan fingerprint density at radius 2 is 1.75 bits per heavy atom. The second kappa shape index (κ2) is 10.3. The average Bonchev–Trinajstić information content (AvgIpc) is 2.59. The molecule has 0 bridgehead atoms. The molecule has 0 aromatic heterocycles. The van der Waals surface area contributed by atoms with E-state index < -0.39 is 0 Å². The van der Waals surface area contributed by atoms with Gasteiger partial charge < -0.3 is 15.5 Å². The minimum absolute atomic E-state index is 0.411. The fourth-order valence-corrected chi connectivity index (χ4v) is 2.99. The predicted molar refractivity (Wildman–Crippen MR) is 102 cm³/mol. The maximum absolute atomic E-state index is 4.24. The van der Waals surface area contributed by atoms with Crippen molar-refractivity contribution in [3.05, 3.63) is 35.9 Å². The van der Waals surface area contributed by atoms with Crippen LogP contribution in [0.4, 0.5) is 0 Å². The second-order valence-corrected chi connectivity index (χ2v) is 6.75. The highest BCUT2D eigenvalue weighted by Gasteiger charge is 2.16. The summed E-state index contributed by atoms with van der Waals surface area (Å²) in [6, 6.07) is 11.2. The molecule has 1 fully saturated rings. The molecule has 0 saturated carbocycles. The Kier molecular flexibility index (Phi) is 8.05. The van der Waals surface area contributed by atoms with Gasteiger partial charge >= 0.3 is 0 Å². The van der Waals surface area contributed by atoms with E-state index in [-0.39, 0.29) is 0 Å². The highest BCUT2D eigenvalue weighted by molar-refractivity contribution is 5.79. The molecule has 134 valence electrons. The zero-order valence-electron chi connectivity index (χ0n) is 15.5. The predicted octanol–water partition coefficient (Wildman–Crippen LogP) is 1.77. The van der Waals surface area contributed by atoms with Gasteiger partial charge in [-0.2, -0.15) is 0 Å². The Morgan fingerprint density at radius 3 is 2.38 bits per heavy atom. The molecule has 2 N–H and O–H groups in total. The van der Waals surface area contributed by atoms with E-state index in [0.29, 0.717) is 6.04 Å². The van der Waals surface area contributed by atoms with Crippen LogP contribution in [0.15, 0.2) is 35.3 Å². The van der Waals surface area contributed by atoms with Gasteiger partial charge in [0, 0.05) is 52.4 Å². The van der Waals surface area contributed by atoms with Gasteiger partial charge in [-0.3, -0.25) is 9.89 Å². The van der Waals surface area contributed by atoms with Gasteiger partial charge in [0.25, 0.3) is 0 Å². The maximum atomic E-state index is 4.24. The second-order valence-electron chi connectivity index (χ2n) is 6.75. The summed E-state index contributed by atoms with van der Waals surface area (Å²) in [5, 5.41) is 6.70. The molecule has 1 aromatic rings. The first-order valence-electron chi connectivity index (χ1n) is 9.13. The van der Waals surface area contributed by atoms with E-state index in [1.165, 1.54) is 31.7 Å². The number of hydrogen-bond acceptors (Lipinski definition) is 3. The van der Waals surface area contributed by atoms with Crippen molar-refractivity contribution in [2.75, 3.05) is 46.3 Å². The Balaban J connectivity index is 1.58. The van der Waals surface area contributed by atoms with E-state index in [2.05, 4.69) is 69.6 Å². The summed E-state index contributed by atoms with van der Waals surface area (Å²) in [4.78, 5) is 9.36. The van der Waals surface area contributed by atoms with Gasteiger partial charge in [-0.25, -0.2) is 0 Å². The van der Waals surface area contributed by atoms with Crippen molar-refractivity contribution in [3.8, 4) is 0 Å². The quantitative estimate of drug-likeness (QED) is 0.454. The van der Waals surface area contributed by atoms with Crippen LogP contribution in [0.2, 0.25) is 0 Å². The van der Waals surface area contributed by atoms with Crippen molar-refractivity contribution in [2.24, 2.45) is 4.99 Å². The van der Waals surface area contributed by atoms with Gasteiger partial charge in [-0.1, -0.05) is 30.3 Å². The van der Waals surface area contributed by atoms with Crippen LogP contribution < -0.4 is 10.6 Å². The van der Waals surface area contributed by atoms with E-state index in [0.717, 1.165) is 32.0 Å². The van der Waals surface area contributed by atoms with Crippen LogP contribution in [-0.2, 0) is 6.54 Å². The van der Waals surface area contributed by atoms with Crippen molar-refractivity contribution in [2.45, 2.75) is 32.9 Å². The molecule has 0 unspecified atom stereocenters. The number of hydrogen-bond donors (Lipinski definition) is 2. The molecule has 0 spiro atoms. The lowest BCUT2D eigenvalue weighted by atomic mass is 10.2. The summed E-state index contributed by atoms with van der Waals surface area (Å²) in [7, 11) is 1.82. The number of guanidine groups is 1. The summed E-state index contributed by atoms with van der Waals surface area (Å²) in [6.45, 7) is 12.1. The molecular formula is C19H33N5. The number of nitrogens with one attached hydrogen (secondary N) is 2. The van der Waals surface area contributed by atoms with Crippen LogP contribution in [0.25, 0.3) is 0 Å². The molecule has 24 heavy (non-hydrogen) atoms. The van der Waals surface area contributed by atoms with E-state index in [9.17, 15) is 0 Å². The smallest absolute Gasteiger partial charge is 0.191 e. The topological polar surface area (TPSA) is 42.9 Å². The summed E-state index contributed by atoms with van der Waals surface area (Å²) in [5.74, 6) is 0.901. The molecular weight excluding hydrogens is 298 g/mol. The molecule has 2 rings (SSSR count). The van der Waals surface area contributed by atoms with Crippen molar-refractivity contribution in [3.63, 3.8) is 0 Å². The van der Waals surface area contributed by atoms with Gasteiger partial charge in [0.15, 0.2) is 5.96 Å². The van der Waals surface area contributed by atoms with E-state index in [1.54, 1.807) is 0 Å². The lowest BCUT2D eigenvalue weighted by Crippen LogP contribution is -2.47. The molecule has 0 amide bonds. The van der Waals surface area contributed by atoms with E-state index in [4.69, 9.17) is 0 Å². The Labute approximate surface area is 147 Å². The minimum atomic E-state index is 0.411. The molecule has 5 nitrogen and oxygen atoms in total. The minimum Gasteiger partial charge on any atom is -0.356 e. The molecule has 1 saturated heterocycles. The fraction of sp³-hybridized carbons (Fsp3) is 0.632. The molecule has 1 heterocycles. The van der Waals surface area contributed by atoms with Crippen molar-refractivity contribution in [1.29, 1.82) is 0 Å². The molecule has 1 aliphatic heterocycles. The number of nitrogens with zero attached hydrogens (tertiary/aromatic N) is 3. The summed E-state index contributed by atoms with van der Waals surface area (Å²) in [5.41, 5.74) is 1.42. The monoisotopic (exact) mass is 331 g/mol. The molecule has 0 radical (unpaired) electrons. The lowest BCUT2D eigenvalue weighted by molar-refractivity contribution is 0.126. The highest BCUT2D eigenvalue weighted by Crippen LogP contribution is 2.08. The highest BCUT2D eigenvalue weighted by atomic mass is 15.3. The number of rotatable bonds is 7. The van der Waals surface area contributed by atoms with Gasteiger partial charge in [-0.15, -0.1) is 0 Å². The standard InChI is InChI=1S/C19H33N5/c1-17(2)22-19(20-3)21-10-7-11-23-12-14-24(15-13-23)16-18-8-5-4-6-9-18/h4-6,8-9,17H,7,10-16H2,1-3H3,(H2,20,21,22). The van der Waals surface area contributed by atoms with Crippen LogP contribution >= 0.6 is 0 Å². The Hall–Kier alpha value is -1.59. The van der Waals surface area contributed by atoms with E-state index in [1.807, 2.05) is 7.05 Å². The normalized spacial score (nSPS) is 17.2. The van der Waals surface area contributed by atoms with Gasteiger partial charge in [0.05, 0.1) is 0 Å². The molecule has 1 aliphatic rings.